The van der Waals surface area contributed by atoms with Gasteiger partial charge in [-0.15, -0.1) is 10.2 Å². The number of rotatable bonds is 10. The molecule has 0 fully saturated rings. The lowest BCUT2D eigenvalue weighted by molar-refractivity contribution is 0.223. The molecule has 1 heterocycles. The van der Waals surface area contributed by atoms with Crippen LogP contribution in [0.3, 0.4) is 0 Å². The zero-order valence-corrected chi connectivity index (χ0v) is 15.7. The van der Waals surface area contributed by atoms with Crippen molar-refractivity contribution in [2.45, 2.75) is 32.4 Å². The summed E-state index contributed by atoms with van der Waals surface area (Å²) in [5.74, 6) is 2.34. The highest BCUT2D eigenvalue weighted by Crippen LogP contribution is 2.19. The number of hydrogen-bond acceptors (Lipinski definition) is 5. The Bertz CT molecular complexity index is 659. The maximum atomic E-state index is 5.90. The van der Waals surface area contributed by atoms with Crippen molar-refractivity contribution in [1.82, 2.24) is 25.4 Å². The molecule has 0 radical (unpaired) electrons. The molecular weight excluding hydrogens is 332 g/mol. The Morgan fingerprint density at radius 3 is 2.69 bits per heavy atom. The highest BCUT2D eigenvalue weighted by atomic mass is 16.5. The first-order valence-corrected chi connectivity index (χ1v) is 8.79. The minimum atomic E-state index is -0.00519. The lowest BCUT2D eigenvalue weighted by atomic mass is 10.3. The summed E-state index contributed by atoms with van der Waals surface area (Å²) in [4.78, 5) is 4.24. The number of methoxy groups -OCH3 is 1. The molecule has 8 heteroatoms. The molecular formula is C18H28N6O2. The zero-order valence-electron chi connectivity index (χ0n) is 15.7. The molecule has 0 aliphatic rings. The molecule has 1 unspecified atom stereocenters. The van der Waals surface area contributed by atoms with Gasteiger partial charge in [0.1, 0.15) is 30.3 Å². The Labute approximate surface area is 154 Å². The maximum absolute atomic E-state index is 5.90. The molecule has 1 atom stereocenters. The van der Waals surface area contributed by atoms with Gasteiger partial charge >= 0.3 is 0 Å². The summed E-state index contributed by atoms with van der Waals surface area (Å²) in [5.41, 5.74) is 0. The number of guanidine groups is 1. The Kier molecular flexibility index (Phi) is 8.25. The topological polar surface area (TPSA) is 85.6 Å². The lowest BCUT2D eigenvalue weighted by Gasteiger charge is -2.18. The number of aryl methyl sites for hydroxylation is 1. The average Bonchev–Trinajstić information content (AvgIpc) is 3.17. The molecule has 0 saturated heterocycles. The van der Waals surface area contributed by atoms with Gasteiger partial charge in [-0.25, -0.2) is 0 Å². The zero-order chi connectivity index (χ0) is 18.6. The van der Waals surface area contributed by atoms with Gasteiger partial charge in [-0.2, -0.15) is 0 Å². The minimum absolute atomic E-state index is 0.00519. The number of benzene rings is 1. The Morgan fingerprint density at radius 2 is 1.96 bits per heavy atom. The number of nitrogens with zero attached hydrogens (tertiary/aromatic N) is 4. The van der Waals surface area contributed by atoms with E-state index in [4.69, 9.17) is 9.47 Å². The fourth-order valence-electron chi connectivity index (χ4n) is 2.37. The Balaban J connectivity index is 1.62. The van der Waals surface area contributed by atoms with E-state index < -0.39 is 0 Å². The first-order valence-electron chi connectivity index (χ1n) is 8.79. The van der Waals surface area contributed by atoms with Gasteiger partial charge in [0.2, 0.25) is 0 Å². The second-order valence-electron chi connectivity index (χ2n) is 5.89. The third-order valence-corrected chi connectivity index (χ3v) is 3.76. The smallest absolute Gasteiger partial charge is 0.191 e. The molecule has 2 aromatic rings. The summed E-state index contributed by atoms with van der Waals surface area (Å²) in [7, 11) is 3.41. The monoisotopic (exact) mass is 360 g/mol. The third kappa shape index (κ3) is 7.00. The quantitative estimate of drug-likeness (QED) is 0.381. The van der Waals surface area contributed by atoms with Gasteiger partial charge in [0.15, 0.2) is 5.96 Å². The molecule has 26 heavy (non-hydrogen) atoms. The summed E-state index contributed by atoms with van der Waals surface area (Å²) in [5, 5.41) is 14.2. The fourth-order valence-corrected chi connectivity index (χ4v) is 2.37. The molecule has 142 valence electrons. The Hall–Kier alpha value is -2.77. The molecule has 0 spiro atoms. The number of unbranched alkanes of at least 4 members (excludes halogenated alkanes) is 1. The molecule has 0 amide bonds. The van der Waals surface area contributed by atoms with Crippen LogP contribution in [0.4, 0.5) is 0 Å². The molecule has 2 rings (SSSR count). The van der Waals surface area contributed by atoms with E-state index in [1.54, 1.807) is 26.8 Å². The van der Waals surface area contributed by atoms with Gasteiger partial charge in [0.25, 0.3) is 0 Å². The van der Waals surface area contributed by atoms with Crippen molar-refractivity contribution in [3.63, 3.8) is 0 Å². The van der Waals surface area contributed by atoms with Crippen LogP contribution in [0.5, 0.6) is 11.5 Å². The van der Waals surface area contributed by atoms with Crippen molar-refractivity contribution in [3.05, 3.63) is 36.9 Å². The molecule has 0 saturated carbocycles. The van der Waals surface area contributed by atoms with Crippen molar-refractivity contribution < 1.29 is 9.47 Å². The average molecular weight is 360 g/mol. The van der Waals surface area contributed by atoms with Crippen molar-refractivity contribution in [3.8, 4) is 11.5 Å². The van der Waals surface area contributed by atoms with E-state index >= 15 is 0 Å². The highest BCUT2D eigenvalue weighted by molar-refractivity contribution is 5.79. The van der Waals surface area contributed by atoms with Crippen molar-refractivity contribution in [2.75, 3.05) is 27.2 Å². The molecule has 0 bridgehead atoms. The standard InChI is InChI=1S/C18H28N6O2/c1-15(26-17-8-6-7-16(11-17)25-3)12-21-18(19-2)20-9-4-5-10-24-13-22-23-14-24/h6-8,11,13-15H,4-5,9-10,12H2,1-3H3,(H2,19,20,21). The van der Waals surface area contributed by atoms with E-state index in [2.05, 4.69) is 25.8 Å². The van der Waals surface area contributed by atoms with Crippen LogP contribution in [-0.4, -0.2) is 54.1 Å². The van der Waals surface area contributed by atoms with Crippen LogP contribution in [-0.2, 0) is 6.54 Å². The van der Waals surface area contributed by atoms with E-state index in [1.165, 1.54) is 0 Å². The van der Waals surface area contributed by atoms with Crippen molar-refractivity contribution in [1.29, 1.82) is 0 Å². The van der Waals surface area contributed by atoms with Crippen molar-refractivity contribution in [2.24, 2.45) is 4.99 Å². The molecule has 1 aromatic carbocycles. The molecule has 2 N–H and O–H groups in total. The largest absolute Gasteiger partial charge is 0.497 e. The Morgan fingerprint density at radius 1 is 1.19 bits per heavy atom. The molecule has 1 aromatic heterocycles. The van der Waals surface area contributed by atoms with Gasteiger partial charge < -0.3 is 24.7 Å². The van der Waals surface area contributed by atoms with Gasteiger partial charge in [-0.1, -0.05) is 6.07 Å². The minimum Gasteiger partial charge on any atom is -0.497 e. The van der Waals surface area contributed by atoms with E-state index in [-0.39, 0.29) is 6.10 Å². The van der Waals surface area contributed by atoms with E-state index in [0.29, 0.717) is 6.54 Å². The number of ether oxygens (including phenoxy) is 2. The van der Waals surface area contributed by atoms with Crippen LogP contribution in [0.1, 0.15) is 19.8 Å². The number of aliphatic imine (C=N–C) groups is 1. The van der Waals surface area contributed by atoms with Crippen LogP contribution < -0.4 is 20.1 Å². The van der Waals surface area contributed by atoms with Crippen LogP contribution in [0.25, 0.3) is 0 Å². The summed E-state index contributed by atoms with van der Waals surface area (Å²) in [6, 6.07) is 7.60. The second-order valence-corrected chi connectivity index (χ2v) is 5.89. The van der Waals surface area contributed by atoms with Crippen LogP contribution >= 0.6 is 0 Å². The van der Waals surface area contributed by atoms with E-state index in [1.807, 2.05) is 35.8 Å². The predicted octanol–water partition coefficient (Wildman–Crippen LogP) is 1.70. The van der Waals surface area contributed by atoms with Crippen LogP contribution in [0.15, 0.2) is 41.9 Å². The number of nitrogens with one attached hydrogen (secondary N) is 2. The summed E-state index contributed by atoms with van der Waals surface area (Å²) < 4.78 is 13.1. The first-order chi connectivity index (χ1) is 12.7. The van der Waals surface area contributed by atoms with Gasteiger partial charge in [0.05, 0.1) is 13.7 Å². The maximum Gasteiger partial charge on any atom is 0.191 e. The SMILES string of the molecule is CN=C(NCCCCn1cnnc1)NCC(C)Oc1cccc(OC)c1. The fraction of sp³-hybridized carbons (Fsp3) is 0.500. The normalized spacial score (nSPS) is 12.5. The third-order valence-electron chi connectivity index (χ3n) is 3.76. The predicted molar refractivity (Wildman–Crippen MR) is 102 cm³/mol. The lowest BCUT2D eigenvalue weighted by Crippen LogP contribution is -2.42. The summed E-state index contributed by atoms with van der Waals surface area (Å²) in [6.45, 7) is 4.44. The summed E-state index contributed by atoms with van der Waals surface area (Å²) >= 11 is 0. The van der Waals surface area contributed by atoms with Crippen LogP contribution in [0.2, 0.25) is 0 Å². The number of aromatic nitrogens is 3. The van der Waals surface area contributed by atoms with Gasteiger partial charge in [0, 0.05) is 26.2 Å². The molecule has 8 nitrogen and oxygen atoms in total. The van der Waals surface area contributed by atoms with E-state index in [9.17, 15) is 0 Å². The first kappa shape index (κ1) is 19.6. The second kappa shape index (κ2) is 11.0. The van der Waals surface area contributed by atoms with Crippen molar-refractivity contribution >= 4 is 5.96 Å². The summed E-state index contributed by atoms with van der Waals surface area (Å²) in [6.07, 6.45) is 5.55. The van der Waals surface area contributed by atoms with Gasteiger partial charge in [-0.05, 0) is 31.9 Å². The van der Waals surface area contributed by atoms with Crippen LogP contribution in [0, 0.1) is 0 Å². The highest BCUT2D eigenvalue weighted by Gasteiger charge is 2.06. The van der Waals surface area contributed by atoms with Gasteiger partial charge in [-0.3, -0.25) is 4.99 Å². The number of hydrogen-bond donors (Lipinski definition) is 2. The molecule has 0 aliphatic carbocycles. The van der Waals surface area contributed by atoms with E-state index in [0.717, 1.165) is 43.4 Å². The molecule has 0 aliphatic heterocycles.